The molecule has 1 saturated heterocycles. The van der Waals surface area contributed by atoms with Crippen LogP contribution >= 0.6 is 0 Å². The predicted molar refractivity (Wildman–Crippen MR) is 132 cm³/mol. The van der Waals surface area contributed by atoms with Gasteiger partial charge >= 0.3 is 0 Å². The summed E-state index contributed by atoms with van der Waals surface area (Å²) in [4.78, 5) is 40.7. The molecule has 5 heterocycles. The molecule has 1 fully saturated rings. The van der Waals surface area contributed by atoms with Crippen molar-refractivity contribution in [3.05, 3.63) is 71.4 Å². The summed E-state index contributed by atoms with van der Waals surface area (Å²) in [5, 5.41) is 0. The average molecular weight is 470 g/mol. The van der Waals surface area contributed by atoms with Gasteiger partial charge in [-0.25, -0.2) is 4.98 Å². The van der Waals surface area contributed by atoms with Gasteiger partial charge in [0.15, 0.2) is 11.6 Å². The molecule has 0 bridgehead atoms. The van der Waals surface area contributed by atoms with E-state index < -0.39 is 6.04 Å². The molecule has 1 aromatic heterocycles. The molecule has 0 spiro atoms. The molecule has 8 nitrogen and oxygen atoms in total. The number of aromatic nitrogens is 1. The molecule has 1 aromatic rings. The molecule has 2 amide bonds. The van der Waals surface area contributed by atoms with Crippen molar-refractivity contribution in [2.75, 3.05) is 31.1 Å². The van der Waals surface area contributed by atoms with Crippen LogP contribution in [0.4, 0.5) is 5.82 Å². The maximum atomic E-state index is 12.9. The normalized spacial score (nSPS) is 22.9. The summed E-state index contributed by atoms with van der Waals surface area (Å²) in [6.45, 7) is 2.68. The zero-order chi connectivity index (χ0) is 23.8. The van der Waals surface area contributed by atoms with Crippen molar-refractivity contribution in [1.29, 1.82) is 0 Å². The van der Waals surface area contributed by atoms with Crippen LogP contribution in [0.15, 0.2) is 70.8 Å². The van der Waals surface area contributed by atoms with E-state index >= 15 is 0 Å². The van der Waals surface area contributed by atoms with Gasteiger partial charge in [-0.3, -0.25) is 19.5 Å². The maximum Gasteiger partial charge on any atom is 0.257 e. The molecule has 8 heteroatoms. The van der Waals surface area contributed by atoms with Crippen LogP contribution in [0.25, 0.3) is 0 Å². The first kappa shape index (κ1) is 21.6. The lowest BCUT2D eigenvalue weighted by atomic mass is 10.0. The van der Waals surface area contributed by atoms with Crippen molar-refractivity contribution in [2.24, 2.45) is 4.99 Å². The Morgan fingerprint density at radius 1 is 1.20 bits per heavy atom. The van der Waals surface area contributed by atoms with Crippen molar-refractivity contribution in [3.63, 3.8) is 0 Å². The number of likely N-dealkylation sites (tertiary alicyclic amines) is 1. The van der Waals surface area contributed by atoms with Crippen LogP contribution in [0.1, 0.15) is 42.5 Å². The minimum atomic E-state index is -0.425. The van der Waals surface area contributed by atoms with Gasteiger partial charge in [0.1, 0.15) is 18.5 Å². The summed E-state index contributed by atoms with van der Waals surface area (Å²) < 4.78 is 5.89. The molecule has 1 atom stereocenters. The Kier molecular flexibility index (Phi) is 5.58. The third-order valence-corrected chi connectivity index (χ3v) is 6.91. The maximum absolute atomic E-state index is 12.9. The van der Waals surface area contributed by atoms with Crippen LogP contribution in [0.5, 0.6) is 5.75 Å². The van der Waals surface area contributed by atoms with Gasteiger partial charge in [0.2, 0.25) is 0 Å². The number of rotatable bonds is 4. The third-order valence-electron chi connectivity index (χ3n) is 6.91. The number of carbonyl (C=O) groups is 2. The summed E-state index contributed by atoms with van der Waals surface area (Å²) in [6, 6.07) is 1.38. The fourth-order valence-corrected chi connectivity index (χ4v) is 5.06. The number of piperidine rings is 1. The number of nitrogens with zero attached hydrogens (tertiary/aromatic N) is 5. The number of hydrogen-bond acceptors (Lipinski definition) is 6. The topological polar surface area (TPSA) is 78.3 Å². The molecule has 0 aromatic carbocycles. The lowest BCUT2D eigenvalue weighted by molar-refractivity contribution is -0.125. The van der Waals surface area contributed by atoms with Gasteiger partial charge in [-0.05, 0) is 55.6 Å². The molecule has 0 N–H and O–H groups in total. The first-order valence-electron chi connectivity index (χ1n) is 12.3. The van der Waals surface area contributed by atoms with Gasteiger partial charge in [0.05, 0.1) is 12.1 Å². The zero-order valence-electron chi connectivity index (χ0n) is 19.5. The Morgan fingerprint density at radius 2 is 2.09 bits per heavy atom. The smallest absolute Gasteiger partial charge is 0.257 e. The number of amides is 2. The minimum Gasteiger partial charge on any atom is -0.488 e. The fourth-order valence-electron chi connectivity index (χ4n) is 5.06. The van der Waals surface area contributed by atoms with Crippen LogP contribution in [0, 0.1) is 0 Å². The molecule has 4 aliphatic heterocycles. The summed E-state index contributed by atoms with van der Waals surface area (Å²) in [5.41, 5.74) is 5.64. The Morgan fingerprint density at radius 3 is 2.91 bits per heavy atom. The number of allylic oxidation sites excluding steroid dienone is 3. The number of fused-ring (bicyclic) bond motifs is 2. The zero-order valence-corrected chi connectivity index (χ0v) is 19.5. The molecule has 1 aliphatic carbocycles. The van der Waals surface area contributed by atoms with Gasteiger partial charge in [-0.1, -0.05) is 6.08 Å². The number of pyridine rings is 1. The SMILES string of the molecule is O=C(c1cnc2c(c1)OCCN2C1=CC2=NC(CC3=CCC=C=C3)C(=O)N2C=C1)N1CCCCC1. The second kappa shape index (κ2) is 9.04. The van der Waals surface area contributed by atoms with E-state index in [9.17, 15) is 9.59 Å². The number of carbonyl (C=O) groups excluding carboxylic acids is 2. The highest BCUT2D eigenvalue weighted by Gasteiger charge is 2.35. The Balaban J connectivity index is 1.23. The predicted octanol–water partition coefficient (Wildman–Crippen LogP) is 3.36. The first-order valence-corrected chi connectivity index (χ1v) is 12.3. The fraction of sp³-hybridized carbons (Fsp3) is 0.370. The largest absolute Gasteiger partial charge is 0.488 e. The molecular formula is C27H27N5O3. The Bertz CT molecular complexity index is 1260. The third kappa shape index (κ3) is 4.10. The summed E-state index contributed by atoms with van der Waals surface area (Å²) in [5.74, 6) is 1.90. The van der Waals surface area contributed by atoms with E-state index in [1.807, 2.05) is 29.2 Å². The standard InChI is InChI=1S/C27H27N5O3/c33-26(30-10-5-2-6-11-30)20-16-23-25(28-18-20)31(13-14-35-23)21-9-12-32-24(17-21)29-22(27(32)34)15-19-7-3-1-4-8-19/h1,7-9,12,16-18,22H,2-3,5-6,10-11,13-15H2. The Hall–Kier alpha value is -3.90. The van der Waals surface area contributed by atoms with E-state index in [0.29, 0.717) is 42.5 Å². The van der Waals surface area contributed by atoms with Crippen molar-refractivity contribution < 1.29 is 14.3 Å². The van der Waals surface area contributed by atoms with E-state index in [1.54, 1.807) is 23.4 Å². The number of amidine groups is 1. The van der Waals surface area contributed by atoms with Gasteiger partial charge in [-0.2, -0.15) is 0 Å². The van der Waals surface area contributed by atoms with Gasteiger partial charge < -0.3 is 14.5 Å². The molecule has 1 unspecified atom stereocenters. The number of anilines is 1. The summed E-state index contributed by atoms with van der Waals surface area (Å²) in [7, 11) is 0. The summed E-state index contributed by atoms with van der Waals surface area (Å²) in [6.07, 6.45) is 17.9. The molecule has 0 radical (unpaired) electrons. The first-order chi connectivity index (χ1) is 17.2. The highest BCUT2D eigenvalue weighted by molar-refractivity contribution is 6.13. The molecular weight excluding hydrogens is 442 g/mol. The molecule has 5 aliphatic rings. The van der Waals surface area contributed by atoms with Crippen LogP contribution in [0.2, 0.25) is 0 Å². The van der Waals surface area contributed by atoms with Crippen molar-refractivity contribution in [1.82, 2.24) is 14.8 Å². The average Bonchev–Trinajstić information content (AvgIpc) is 3.22. The highest BCUT2D eigenvalue weighted by Crippen LogP contribution is 2.35. The quantitative estimate of drug-likeness (QED) is 0.632. The van der Waals surface area contributed by atoms with Gasteiger partial charge in [0.25, 0.3) is 11.8 Å². The van der Waals surface area contributed by atoms with Crippen LogP contribution < -0.4 is 9.64 Å². The van der Waals surface area contributed by atoms with E-state index in [0.717, 1.165) is 43.6 Å². The van der Waals surface area contributed by atoms with E-state index in [4.69, 9.17) is 9.73 Å². The second-order valence-electron chi connectivity index (χ2n) is 9.23. The second-order valence-corrected chi connectivity index (χ2v) is 9.23. The monoisotopic (exact) mass is 469 g/mol. The number of ether oxygens (including phenoxy) is 1. The molecule has 0 saturated carbocycles. The van der Waals surface area contributed by atoms with Gasteiger partial charge in [0, 0.05) is 43.7 Å². The summed E-state index contributed by atoms with van der Waals surface area (Å²) >= 11 is 0. The van der Waals surface area contributed by atoms with E-state index in [2.05, 4.69) is 21.7 Å². The molecule has 35 heavy (non-hydrogen) atoms. The van der Waals surface area contributed by atoms with Crippen molar-refractivity contribution in [3.8, 4) is 5.75 Å². The van der Waals surface area contributed by atoms with E-state index in [1.165, 1.54) is 6.42 Å². The lowest BCUT2D eigenvalue weighted by Gasteiger charge is -2.33. The van der Waals surface area contributed by atoms with E-state index in [-0.39, 0.29) is 11.8 Å². The Labute approximate surface area is 204 Å². The van der Waals surface area contributed by atoms with Crippen molar-refractivity contribution in [2.45, 2.75) is 38.1 Å². The van der Waals surface area contributed by atoms with Crippen LogP contribution in [-0.4, -0.2) is 64.7 Å². The van der Waals surface area contributed by atoms with Crippen LogP contribution in [-0.2, 0) is 4.79 Å². The number of hydrogen-bond donors (Lipinski definition) is 0. The molecule has 178 valence electrons. The highest BCUT2D eigenvalue weighted by atomic mass is 16.5. The van der Waals surface area contributed by atoms with Crippen LogP contribution in [0.3, 0.4) is 0 Å². The lowest BCUT2D eigenvalue weighted by Crippen LogP contribution is -2.37. The van der Waals surface area contributed by atoms with Crippen molar-refractivity contribution >= 4 is 23.5 Å². The molecule has 6 rings (SSSR count). The van der Waals surface area contributed by atoms with Gasteiger partial charge in [-0.15, -0.1) is 5.73 Å². The number of aliphatic imine (C=N–C) groups is 1. The minimum absolute atomic E-state index is 0.0106.